The van der Waals surface area contributed by atoms with Gasteiger partial charge in [-0.2, -0.15) is 13.2 Å². The van der Waals surface area contributed by atoms with Crippen molar-refractivity contribution in [3.8, 4) is 0 Å². The first-order valence-corrected chi connectivity index (χ1v) is 12.6. The lowest BCUT2D eigenvalue weighted by molar-refractivity contribution is -0.147. The van der Waals surface area contributed by atoms with Crippen molar-refractivity contribution in [2.24, 2.45) is 13.0 Å². The third-order valence-electron chi connectivity index (χ3n) is 7.95. The number of benzene rings is 2. The van der Waals surface area contributed by atoms with E-state index in [2.05, 4.69) is 10.2 Å². The molecule has 204 valence electrons. The standard InChI is InChI=1S/C27H26F3N5O4/c1-33-15-31-32-23(33)8-26(13-39-14-26)18-3-2-4-19(7-18)35-12-21-20(24(35)36)5-16(6-22(21)27(28,29)30)9-34-10-17(11-34)25(37)38/h2-7,15,17H,8-14H2,1H3,(H,37,38). The Morgan fingerprint density at radius 2 is 1.97 bits per heavy atom. The van der Waals surface area contributed by atoms with Gasteiger partial charge < -0.3 is 19.3 Å². The molecule has 0 aliphatic carbocycles. The summed E-state index contributed by atoms with van der Waals surface area (Å²) in [5.74, 6) is -1.15. The molecule has 0 radical (unpaired) electrons. The van der Waals surface area contributed by atoms with E-state index < -0.39 is 29.5 Å². The van der Waals surface area contributed by atoms with E-state index in [1.54, 1.807) is 23.4 Å². The van der Waals surface area contributed by atoms with Gasteiger partial charge in [-0.15, -0.1) is 10.2 Å². The molecule has 0 bridgehead atoms. The minimum absolute atomic E-state index is 0.0290. The van der Waals surface area contributed by atoms with E-state index in [1.165, 1.54) is 11.0 Å². The van der Waals surface area contributed by atoms with Gasteiger partial charge in [0.15, 0.2) is 0 Å². The molecule has 3 aliphatic heterocycles. The largest absolute Gasteiger partial charge is 0.481 e. The van der Waals surface area contributed by atoms with Crippen molar-refractivity contribution in [1.29, 1.82) is 0 Å². The summed E-state index contributed by atoms with van der Waals surface area (Å²) in [7, 11) is 1.86. The van der Waals surface area contributed by atoms with E-state index in [0.717, 1.165) is 17.5 Å². The number of amides is 1. The monoisotopic (exact) mass is 541 g/mol. The zero-order chi connectivity index (χ0) is 27.5. The van der Waals surface area contributed by atoms with Crippen molar-refractivity contribution in [1.82, 2.24) is 19.7 Å². The molecule has 2 fully saturated rings. The van der Waals surface area contributed by atoms with Crippen LogP contribution in [-0.4, -0.2) is 63.0 Å². The van der Waals surface area contributed by atoms with Crippen molar-refractivity contribution in [3.05, 3.63) is 76.4 Å². The fraction of sp³-hybridized carbons (Fsp3) is 0.407. The molecule has 2 saturated heterocycles. The highest BCUT2D eigenvalue weighted by Crippen LogP contribution is 2.42. The van der Waals surface area contributed by atoms with Crippen molar-refractivity contribution in [3.63, 3.8) is 0 Å². The first-order valence-electron chi connectivity index (χ1n) is 12.6. The molecule has 3 aliphatic rings. The van der Waals surface area contributed by atoms with E-state index in [4.69, 9.17) is 9.84 Å². The molecule has 1 amide bonds. The number of halogens is 3. The van der Waals surface area contributed by atoms with Crippen LogP contribution in [-0.2, 0) is 47.7 Å². The van der Waals surface area contributed by atoms with E-state index in [1.807, 2.05) is 23.7 Å². The predicted octanol–water partition coefficient (Wildman–Crippen LogP) is 3.02. The molecule has 4 heterocycles. The molecule has 0 unspecified atom stereocenters. The Labute approximate surface area is 221 Å². The van der Waals surface area contributed by atoms with Crippen LogP contribution in [0.25, 0.3) is 0 Å². The Hall–Kier alpha value is -3.77. The highest BCUT2D eigenvalue weighted by atomic mass is 19.4. The second kappa shape index (κ2) is 9.16. The van der Waals surface area contributed by atoms with Crippen LogP contribution < -0.4 is 4.90 Å². The number of aliphatic carboxylic acids is 1. The number of aryl methyl sites for hydroxylation is 1. The van der Waals surface area contributed by atoms with Crippen LogP contribution in [0, 0.1) is 5.92 Å². The van der Waals surface area contributed by atoms with Crippen LogP contribution in [0.4, 0.5) is 18.9 Å². The number of hydrogen-bond acceptors (Lipinski definition) is 6. The number of anilines is 1. The third-order valence-corrected chi connectivity index (χ3v) is 7.95. The van der Waals surface area contributed by atoms with Gasteiger partial charge in [-0.1, -0.05) is 12.1 Å². The fourth-order valence-corrected chi connectivity index (χ4v) is 5.63. The number of alkyl halides is 3. The van der Waals surface area contributed by atoms with Crippen molar-refractivity contribution in [2.45, 2.75) is 31.1 Å². The lowest BCUT2D eigenvalue weighted by Gasteiger charge is -2.42. The van der Waals surface area contributed by atoms with Crippen molar-refractivity contribution < 1.29 is 32.6 Å². The predicted molar refractivity (Wildman–Crippen MR) is 132 cm³/mol. The zero-order valence-corrected chi connectivity index (χ0v) is 21.1. The number of carbonyl (C=O) groups is 2. The summed E-state index contributed by atoms with van der Waals surface area (Å²) in [5.41, 5.74) is 0.546. The number of likely N-dealkylation sites (tertiary alicyclic amines) is 1. The topological polar surface area (TPSA) is 101 Å². The third kappa shape index (κ3) is 4.47. The van der Waals surface area contributed by atoms with E-state index in [-0.39, 0.29) is 42.7 Å². The summed E-state index contributed by atoms with van der Waals surface area (Å²) >= 11 is 0. The highest BCUT2D eigenvalue weighted by Gasteiger charge is 2.44. The second-order valence-electron chi connectivity index (χ2n) is 10.6. The first kappa shape index (κ1) is 25.5. The maximum Gasteiger partial charge on any atom is 0.416 e. The van der Waals surface area contributed by atoms with Crippen molar-refractivity contribution in [2.75, 3.05) is 31.2 Å². The number of hydrogen-bond donors (Lipinski definition) is 1. The van der Waals surface area contributed by atoms with Crippen LogP contribution >= 0.6 is 0 Å². The fourth-order valence-electron chi connectivity index (χ4n) is 5.63. The maximum absolute atomic E-state index is 14.1. The molecule has 2 aromatic carbocycles. The van der Waals surface area contributed by atoms with Gasteiger partial charge in [0.2, 0.25) is 0 Å². The summed E-state index contributed by atoms with van der Waals surface area (Å²) in [6.45, 7) is 1.40. The molecule has 12 heteroatoms. The molecule has 0 saturated carbocycles. The number of carboxylic acid groups (broad SMARTS) is 1. The number of carbonyl (C=O) groups excluding carboxylic acids is 1. The second-order valence-corrected chi connectivity index (χ2v) is 10.6. The number of aromatic nitrogens is 3. The lowest BCUT2D eigenvalue weighted by atomic mass is 9.75. The zero-order valence-electron chi connectivity index (χ0n) is 21.1. The SMILES string of the molecule is Cn1cnnc1CC1(c2cccc(N3Cc4c(cc(CN5CC(C(=O)O)C5)cc4C(F)(F)F)C3=O)c2)COC1. The minimum atomic E-state index is -4.64. The van der Waals surface area contributed by atoms with Gasteiger partial charge in [0.25, 0.3) is 5.91 Å². The average Bonchev–Trinajstić information content (AvgIpc) is 3.39. The molecule has 39 heavy (non-hydrogen) atoms. The van der Waals surface area contributed by atoms with Gasteiger partial charge in [0, 0.05) is 49.8 Å². The number of rotatable bonds is 7. The number of fused-ring (bicyclic) bond motifs is 1. The summed E-state index contributed by atoms with van der Waals surface area (Å²) in [5, 5.41) is 17.2. The van der Waals surface area contributed by atoms with Crippen LogP contribution in [0.2, 0.25) is 0 Å². The highest BCUT2D eigenvalue weighted by molar-refractivity contribution is 6.10. The average molecular weight is 542 g/mol. The van der Waals surface area contributed by atoms with Gasteiger partial charge in [0.1, 0.15) is 12.2 Å². The Balaban J connectivity index is 1.29. The summed E-state index contributed by atoms with van der Waals surface area (Å²) in [4.78, 5) is 27.7. The Morgan fingerprint density at radius 1 is 1.21 bits per heavy atom. The van der Waals surface area contributed by atoms with Gasteiger partial charge >= 0.3 is 12.1 Å². The van der Waals surface area contributed by atoms with Crippen LogP contribution in [0.3, 0.4) is 0 Å². The lowest BCUT2D eigenvalue weighted by Crippen LogP contribution is -2.49. The molecule has 3 aromatic rings. The molecule has 0 atom stereocenters. The number of carboxylic acids is 1. The molecular formula is C27H26F3N5O4. The quantitative estimate of drug-likeness (QED) is 0.491. The number of nitrogens with zero attached hydrogens (tertiary/aromatic N) is 5. The number of ether oxygens (including phenoxy) is 1. The molecule has 0 spiro atoms. The minimum Gasteiger partial charge on any atom is -0.481 e. The van der Waals surface area contributed by atoms with E-state index in [9.17, 15) is 22.8 Å². The molecule has 1 aromatic heterocycles. The van der Waals surface area contributed by atoms with Crippen LogP contribution in [0.1, 0.15) is 38.4 Å². The Kier molecular flexibility index (Phi) is 5.99. The van der Waals surface area contributed by atoms with E-state index in [0.29, 0.717) is 30.9 Å². The smallest absolute Gasteiger partial charge is 0.416 e. The van der Waals surface area contributed by atoms with Gasteiger partial charge in [-0.25, -0.2) is 0 Å². The summed E-state index contributed by atoms with van der Waals surface area (Å²) < 4.78 is 49.7. The van der Waals surface area contributed by atoms with Crippen LogP contribution in [0.5, 0.6) is 0 Å². The van der Waals surface area contributed by atoms with E-state index >= 15 is 0 Å². The van der Waals surface area contributed by atoms with Crippen molar-refractivity contribution >= 4 is 17.6 Å². The molecule has 6 rings (SSSR count). The molecule has 9 nitrogen and oxygen atoms in total. The molecular weight excluding hydrogens is 515 g/mol. The Bertz CT molecular complexity index is 1460. The Morgan fingerprint density at radius 3 is 2.59 bits per heavy atom. The maximum atomic E-state index is 14.1. The van der Waals surface area contributed by atoms with Gasteiger partial charge in [-0.3, -0.25) is 14.5 Å². The van der Waals surface area contributed by atoms with Gasteiger partial charge in [-0.05, 0) is 41.0 Å². The first-order chi connectivity index (χ1) is 18.5. The van der Waals surface area contributed by atoms with Crippen LogP contribution in [0.15, 0.2) is 42.7 Å². The summed E-state index contributed by atoms with van der Waals surface area (Å²) in [6, 6.07) is 9.91. The molecule has 1 N–H and O–H groups in total. The summed E-state index contributed by atoms with van der Waals surface area (Å²) in [6.07, 6.45) is -2.44. The van der Waals surface area contributed by atoms with Gasteiger partial charge in [0.05, 0.1) is 31.2 Å². The normalized spacial score (nSPS) is 19.1.